The van der Waals surface area contributed by atoms with Crippen LogP contribution in [0, 0.1) is 0 Å². The fraction of sp³-hybridized carbons (Fsp3) is 0.368. The number of ether oxygens (including phenoxy) is 1. The van der Waals surface area contributed by atoms with Gasteiger partial charge < -0.3 is 10.1 Å². The van der Waals surface area contributed by atoms with Gasteiger partial charge in [-0.05, 0) is 37.3 Å². The van der Waals surface area contributed by atoms with Crippen LogP contribution in [-0.2, 0) is 21.5 Å². The molecule has 29 heavy (non-hydrogen) atoms. The van der Waals surface area contributed by atoms with Gasteiger partial charge in [0.05, 0.1) is 30.6 Å². The van der Waals surface area contributed by atoms with E-state index in [2.05, 4.69) is 15.0 Å². The Morgan fingerprint density at radius 2 is 2.17 bits per heavy atom. The third-order valence-electron chi connectivity index (χ3n) is 4.58. The fourth-order valence-electron chi connectivity index (χ4n) is 3.09. The molecule has 0 bridgehead atoms. The number of anilines is 1. The summed E-state index contributed by atoms with van der Waals surface area (Å²) in [7, 11) is -2.53. The summed E-state index contributed by atoms with van der Waals surface area (Å²) in [4.78, 5) is 15.8. The monoisotopic (exact) mass is 438 g/mol. The number of carbonyl (C=O) groups is 1. The second-order valence-corrected chi connectivity index (χ2v) is 9.03. The first-order valence-corrected chi connectivity index (χ1v) is 10.9. The van der Waals surface area contributed by atoms with Crippen molar-refractivity contribution in [2.75, 3.05) is 31.0 Å². The number of carbonyl (C=O) groups excluding carboxylic acids is 1. The molecule has 1 atom stereocenters. The molecule has 0 spiro atoms. The van der Waals surface area contributed by atoms with Crippen LogP contribution in [0.4, 0.5) is 5.69 Å². The van der Waals surface area contributed by atoms with Gasteiger partial charge in [-0.3, -0.25) is 9.29 Å². The molecule has 1 aliphatic heterocycles. The molecule has 10 heteroatoms. The number of piperazine rings is 1. The first-order chi connectivity index (χ1) is 13.8. The van der Waals surface area contributed by atoms with Crippen molar-refractivity contribution in [2.45, 2.75) is 19.5 Å². The number of rotatable bonds is 6. The zero-order valence-corrected chi connectivity index (χ0v) is 17.8. The van der Waals surface area contributed by atoms with E-state index in [0.29, 0.717) is 41.6 Å². The van der Waals surface area contributed by atoms with E-state index in [1.54, 1.807) is 36.4 Å². The Kier molecular flexibility index (Phi) is 6.74. The summed E-state index contributed by atoms with van der Waals surface area (Å²) >= 11 is 6.11. The molecule has 1 aromatic heterocycles. The third kappa shape index (κ3) is 5.05. The molecule has 1 aliphatic rings. The van der Waals surface area contributed by atoms with Gasteiger partial charge in [0.1, 0.15) is 0 Å². The lowest BCUT2D eigenvalue weighted by Crippen LogP contribution is -2.55. The third-order valence-corrected chi connectivity index (χ3v) is 6.70. The lowest BCUT2D eigenvalue weighted by Gasteiger charge is -2.35. The van der Waals surface area contributed by atoms with E-state index in [9.17, 15) is 13.2 Å². The second-order valence-electron chi connectivity index (χ2n) is 6.74. The van der Waals surface area contributed by atoms with E-state index in [4.69, 9.17) is 11.6 Å². The van der Waals surface area contributed by atoms with E-state index >= 15 is 0 Å². The summed E-state index contributed by atoms with van der Waals surface area (Å²) in [5, 5.41) is 3.68. The highest BCUT2D eigenvalue weighted by molar-refractivity contribution is 7.90. The summed E-state index contributed by atoms with van der Waals surface area (Å²) in [6.45, 7) is 3.27. The number of methoxy groups -OCH3 is 1. The summed E-state index contributed by atoms with van der Waals surface area (Å²) < 4.78 is 34.3. The van der Waals surface area contributed by atoms with Gasteiger partial charge in [0.2, 0.25) is 0 Å². The number of nitrogens with zero attached hydrogens (tertiary/aromatic N) is 3. The Morgan fingerprint density at radius 3 is 2.79 bits per heavy atom. The zero-order valence-electron chi connectivity index (χ0n) is 16.2. The van der Waals surface area contributed by atoms with Gasteiger partial charge in [0.15, 0.2) is 0 Å². The Bertz CT molecular complexity index is 968. The lowest BCUT2D eigenvalue weighted by atomic mass is 10.2. The zero-order chi connectivity index (χ0) is 21.0. The molecule has 1 saturated heterocycles. The van der Waals surface area contributed by atoms with Gasteiger partial charge in [0, 0.05) is 36.9 Å². The lowest BCUT2D eigenvalue weighted by molar-refractivity contribution is 0.0600. The minimum atomic E-state index is -3.82. The molecule has 2 aromatic rings. The highest BCUT2D eigenvalue weighted by Gasteiger charge is 2.33. The van der Waals surface area contributed by atoms with Crippen molar-refractivity contribution in [3.63, 3.8) is 0 Å². The molecule has 0 saturated carbocycles. The highest BCUT2D eigenvalue weighted by atomic mass is 35.5. The molecular weight excluding hydrogens is 416 g/mol. The van der Waals surface area contributed by atoms with E-state index in [1.807, 2.05) is 6.92 Å². The Hall–Kier alpha value is -2.20. The summed E-state index contributed by atoms with van der Waals surface area (Å²) in [5.41, 5.74) is 1.23. The van der Waals surface area contributed by atoms with Crippen LogP contribution in [0.15, 0.2) is 42.6 Å². The maximum Gasteiger partial charge on any atom is 0.339 e. The van der Waals surface area contributed by atoms with Crippen molar-refractivity contribution in [3.8, 4) is 0 Å². The Labute approximate surface area is 175 Å². The van der Waals surface area contributed by atoms with Crippen molar-refractivity contribution in [2.24, 2.45) is 0 Å². The highest BCUT2D eigenvalue weighted by Crippen LogP contribution is 2.26. The van der Waals surface area contributed by atoms with Gasteiger partial charge in [0.25, 0.3) is 0 Å². The van der Waals surface area contributed by atoms with Crippen LogP contribution >= 0.6 is 11.6 Å². The minimum absolute atomic E-state index is 0.00242. The molecule has 1 fully saturated rings. The van der Waals surface area contributed by atoms with Gasteiger partial charge in [-0.1, -0.05) is 17.7 Å². The molecule has 3 rings (SSSR count). The molecule has 0 aliphatic carbocycles. The van der Waals surface area contributed by atoms with Crippen molar-refractivity contribution < 1.29 is 17.9 Å². The van der Waals surface area contributed by atoms with E-state index < -0.39 is 16.2 Å². The molecule has 8 nitrogen and oxygen atoms in total. The second kappa shape index (κ2) is 9.08. The van der Waals surface area contributed by atoms with Gasteiger partial charge >= 0.3 is 16.2 Å². The Morgan fingerprint density at radius 1 is 1.38 bits per heavy atom. The fourth-order valence-corrected chi connectivity index (χ4v) is 4.96. The average Bonchev–Trinajstić information content (AvgIpc) is 2.71. The molecule has 1 aromatic carbocycles. The van der Waals surface area contributed by atoms with Crippen molar-refractivity contribution in [1.82, 2.24) is 14.6 Å². The quantitative estimate of drug-likeness (QED) is 0.694. The smallest absolute Gasteiger partial charge is 0.339 e. The molecule has 156 valence electrons. The predicted molar refractivity (Wildman–Crippen MR) is 111 cm³/mol. The minimum Gasteiger partial charge on any atom is -0.465 e. The predicted octanol–water partition coefficient (Wildman–Crippen LogP) is 2.07. The number of benzene rings is 1. The van der Waals surface area contributed by atoms with Crippen LogP contribution in [-0.4, -0.2) is 56.5 Å². The van der Waals surface area contributed by atoms with Crippen molar-refractivity contribution >= 4 is 33.5 Å². The van der Waals surface area contributed by atoms with Crippen molar-refractivity contribution in [1.29, 1.82) is 0 Å². The molecule has 2 heterocycles. The molecule has 1 N–H and O–H groups in total. The van der Waals surface area contributed by atoms with Crippen LogP contribution in [0.3, 0.4) is 0 Å². The molecular formula is C19H23ClN4O4S. The Balaban J connectivity index is 1.94. The number of esters is 1. The summed E-state index contributed by atoms with van der Waals surface area (Å²) in [6, 6.07) is 9.91. The summed E-state index contributed by atoms with van der Waals surface area (Å²) in [6.07, 6.45) is 1.37. The molecule has 0 amide bonds. The maximum absolute atomic E-state index is 13.4. The largest absolute Gasteiger partial charge is 0.465 e. The molecule has 0 radical (unpaired) electrons. The number of pyridine rings is 1. The van der Waals surface area contributed by atoms with Crippen LogP contribution in [0.1, 0.15) is 23.0 Å². The number of hydrogen-bond donors (Lipinski definition) is 1. The van der Waals surface area contributed by atoms with E-state index in [1.165, 1.54) is 21.9 Å². The van der Waals surface area contributed by atoms with Crippen LogP contribution < -0.4 is 9.62 Å². The normalized spacial score (nSPS) is 17.7. The maximum atomic E-state index is 13.4. The van der Waals surface area contributed by atoms with E-state index in [-0.39, 0.29) is 12.6 Å². The SMILES string of the molecule is COC(=O)c1ccc(CN(c2cccc(Cl)c2)S(=O)(=O)N2CCN[C@@H](C)C2)nc1. The van der Waals surface area contributed by atoms with Crippen LogP contribution in [0.25, 0.3) is 0 Å². The summed E-state index contributed by atoms with van der Waals surface area (Å²) in [5.74, 6) is -0.502. The standard InChI is InChI=1S/C19H23ClN4O4S/c1-14-12-23(9-8-21-14)29(26,27)24(18-5-3-4-16(20)10-18)13-17-7-6-15(11-22-17)19(25)28-2/h3-7,10-11,14,21H,8-9,12-13H2,1-2H3/t14-/m0/s1. The number of aromatic nitrogens is 1. The van der Waals surface area contributed by atoms with Gasteiger partial charge in [-0.25, -0.2) is 4.79 Å². The first kappa shape index (κ1) is 21.5. The average molecular weight is 439 g/mol. The van der Waals surface area contributed by atoms with Crippen molar-refractivity contribution in [3.05, 3.63) is 58.9 Å². The topological polar surface area (TPSA) is 91.8 Å². The van der Waals surface area contributed by atoms with Crippen LogP contribution in [0.5, 0.6) is 0 Å². The van der Waals surface area contributed by atoms with Gasteiger partial charge in [-0.2, -0.15) is 12.7 Å². The van der Waals surface area contributed by atoms with E-state index in [0.717, 1.165) is 0 Å². The van der Waals surface area contributed by atoms with Crippen LogP contribution in [0.2, 0.25) is 5.02 Å². The number of halogens is 1. The molecule has 0 unspecified atom stereocenters. The number of hydrogen-bond acceptors (Lipinski definition) is 6. The number of nitrogens with one attached hydrogen (secondary N) is 1. The van der Waals surface area contributed by atoms with Gasteiger partial charge in [-0.15, -0.1) is 0 Å². The first-order valence-electron chi connectivity index (χ1n) is 9.11.